The molecule has 1 heterocycles. The summed E-state index contributed by atoms with van der Waals surface area (Å²) in [7, 11) is 1.78. The minimum absolute atomic E-state index is 0. The van der Waals surface area contributed by atoms with E-state index in [1.54, 1.807) is 13.2 Å². The molecule has 0 amide bonds. The number of H-pyrrole nitrogens is 1. The van der Waals surface area contributed by atoms with Crippen LogP contribution in [-0.4, -0.2) is 29.7 Å². The fourth-order valence-corrected chi connectivity index (χ4v) is 2.08. The first-order valence-electron chi connectivity index (χ1n) is 7.10. The monoisotopic (exact) mass is 413 g/mol. The van der Waals surface area contributed by atoms with E-state index in [-0.39, 0.29) is 29.4 Å². The van der Waals surface area contributed by atoms with Gasteiger partial charge in [0.1, 0.15) is 0 Å². The molecular weight excluding hydrogens is 389 g/mol. The maximum absolute atomic E-state index is 4.24. The average Bonchev–Trinajstić information content (AvgIpc) is 3.02. The largest absolute Gasteiger partial charge is 0.356 e. The first-order chi connectivity index (χ1) is 10.1. The van der Waals surface area contributed by atoms with Crippen molar-refractivity contribution in [1.82, 2.24) is 20.8 Å². The molecule has 0 fully saturated rings. The summed E-state index contributed by atoms with van der Waals surface area (Å²) in [5, 5.41) is 13.5. The van der Waals surface area contributed by atoms with Crippen LogP contribution in [-0.2, 0) is 12.0 Å². The van der Waals surface area contributed by atoms with Crippen LogP contribution in [0.2, 0.25) is 0 Å². The molecule has 0 spiro atoms. The molecule has 5 nitrogen and oxygen atoms in total. The topological polar surface area (TPSA) is 65.1 Å². The first-order valence-corrected chi connectivity index (χ1v) is 7.10. The predicted molar refractivity (Wildman–Crippen MR) is 102 cm³/mol. The zero-order chi connectivity index (χ0) is 15.1. The third-order valence-corrected chi connectivity index (χ3v) is 3.48. The highest BCUT2D eigenvalue weighted by atomic mass is 127. The standard InChI is InChI=1S/C16H23N5.HI/c1-16(2,13-7-5-4-6-8-13)12-19-15(17-3)18-11-14-9-10-20-21-14;/h4-10H,11-12H2,1-3H3,(H,20,21)(H2,17,18,19);1H. The summed E-state index contributed by atoms with van der Waals surface area (Å²) >= 11 is 0. The van der Waals surface area contributed by atoms with Crippen molar-refractivity contribution in [3.63, 3.8) is 0 Å². The van der Waals surface area contributed by atoms with Gasteiger partial charge in [0.05, 0.1) is 12.2 Å². The maximum atomic E-state index is 4.24. The van der Waals surface area contributed by atoms with Gasteiger partial charge in [-0.15, -0.1) is 24.0 Å². The van der Waals surface area contributed by atoms with Gasteiger partial charge in [-0.2, -0.15) is 5.10 Å². The molecule has 2 rings (SSSR count). The highest BCUT2D eigenvalue weighted by molar-refractivity contribution is 14.0. The number of benzene rings is 1. The average molecular weight is 413 g/mol. The Hall–Kier alpha value is -1.57. The molecule has 0 unspecified atom stereocenters. The molecule has 1 aromatic carbocycles. The molecule has 6 heteroatoms. The van der Waals surface area contributed by atoms with Gasteiger partial charge in [-0.25, -0.2) is 0 Å². The summed E-state index contributed by atoms with van der Waals surface area (Å²) < 4.78 is 0. The van der Waals surface area contributed by atoms with Crippen molar-refractivity contribution in [2.75, 3.05) is 13.6 Å². The van der Waals surface area contributed by atoms with Gasteiger partial charge in [-0.3, -0.25) is 10.1 Å². The van der Waals surface area contributed by atoms with Crippen LogP contribution in [0.15, 0.2) is 47.6 Å². The Morgan fingerprint density at radius 3 is 2.50 bits per heavy atom. The van der Waals surface area contributed by atoms with Crippen LogP contribution in [0.4, 0.5) is 0 Å². The number of aromatic nitrogens is 2. The Kier molecular flexibility index (Phi) is 7.37. The predicted octanol–water partition coefficient (Wildman–Crippen LogP) is 2.67. The number of rotatable bonds is 5. The molecule has 0 aliphatic carbocycles. The fraction of sp³-hybridized carbons (Fsp3) is 0.375. The summed E-state index contributed by atoms with van der Waals surface area (Å²) in [5.41, 5.74) is 2.37. The molecule has 120 valence electrons. The molecule has 0 radical (unpaired) electrons. The molecule has 0 aliphatic heterocycles. The Balaban J connectivity index is 0.00000242. The SMILES string of the molecule is CN=C(NCc1ccn[nH]1)NCC(C)(C)c1ccccc1.I. The minimum Gasteiger partial charge on any atom is -0.356 e. The van der Waals surface area contributed by atoms with Gasteiger partial charge in [0.15, 0.2) is 5.96 Å². The molecular formula is C16H24IN5. The van der Waals surface area contributed by atoms with Crippen molar-refractivity contribution in [3.05, 3.63) is 53.9 Å². The first kappa shape index (κ1) is 18.5. The van der Waals surface area contributed by atoms with E-state index in [1.165, 1.54) is 5.56 Å². The van der Waals surface area contributed by atoms with E-state index in [1.807, 2.05) is 12.1 Å². The molecule has 0 saturated heterocycles. The smallest absolute Gasteiger partial charge is 0.191 e. The van der Waals surface area contributed by atoms with Gasteiger partial charge < -0.3 is 10.6 Å². The van der Waals surface area contributed by atoms with Crippen LogP contribution in [0.1, 0.15) is 25.1 Å². The third kappa shape index (κ3) is 5.32. The van der Waals surface area contributed by atoms with Gasteiger partial charge in [0.25, 0.3) is 0 Å². The molecule has 0 saturated carbocycles. The van der Waals surface area contributed by atoms with Crippen LogP contribution >= 0.6 is 24.0 Å². The Bertz CT molecular complexity index is 563. The fourth-order valence-electron chi connectivity index (χ4n) is 2.08. The van der Waals surface area contributed by atoms with Crippen molar-refractivity contribution in [1.29, 1.82) is 0 Å². The number of nitrogens with one attached hydrogen (secondary N) is 3. The van der Waals surface area contributed by atoms with Gasteiger partial charge >= 0.3 is 0 Å². The van der Waals surface area contributed by atoms with Crippen LogP contribution in [0.25, 0.3) is 0 Å². The second-order valence-electron chi connectivity index (χ2n) is 5.61. The second-order valence-corrected chi connectivity index (χ2v) is 5.61. The van der Waals surface area contributed by atoms with Crippen LogP contribution in [0.5, 0.6) is 0 Å². The number of guanidine groups is 1. The number of aliphatic imine (C=N–C) groups is 1. The number of nitrogens with zero attached hydrogens (tertiary/aromatic N) is 2. The zero-order valence-corrected chi connectivity index (χ0v) is 15.6. The normalized spacial score (nSPS) is 11.7. The molecule has 0 aliphatic rings. The van der Waals surface area contributed by atoms with E-state index in [4.69, 9.17) is 0 Å². The van der Waals surface area contributed by atoms with Crippen LogP contribution in [0.3, 0.4) is 0 Å². The van der Waals surface area contributed by atoms with Crippen molar-refractivity contribution in [3.8, 4) is 0 Å². The van der Waals surface area contributed by atoms with Crippen molar-refractivity contribution in [2.24, 2.45) is 4.99 Å². The molecule has 2 aromatic rings. The van der Waals surface area contributed by atoms with Gasteiger partial charge in [-0.1, -0.05) is 44.2 Å². The van der Waals surface area contributed by atoms with Gasteiger partial charge in [-0.05, 0) is 11.6 Å². The van der Waals surface area contributed by atoms with E-state index >= 15 is 0 Å². The summed E-state index contributed by atoms with van der Waals surface area (Å²) in [6, 6.07) is 12.4. The van der Waals surface area contributed by atoms with Gasteiger partial charge in [0, 0.05) is 25.2 Å². The molecule has 22 heavy (non-hydrogen) atoms. The molecule has 0 bridgehead atoms. The Morgan fingerprint density at radius 1 is 1.18 bits per heavy atom. The van der Waals surface area contributed by atoms with E-state index in [2.05, 4.69) is 63.9 Å². The summed E-state index contributed by atoms with van der Waals surface area (Å²) in [6.45, 7) is 5.92. The number of hydrogen-bond donors (Lipinski definition) is 3. The van der Waals surface area contributed by atoms with E-state index in [0.717, 1.165) is 18.2 Å². The molecule has 3 N–H and O–H groups in total. The Labute approximate surface area is 149 Å². The lowest BCUT2D eigenvalue weighted by Gasteiger charge is -2.26. The Morgan fingerprint density at radius 2 is 1.91 bits per heavy atom. The van der Waals surface area contributed by atoms with E-state index in [0.29, 0.717) is 6.54 Å². The van der Waals surface area contributed by atoms with Crippen LogP contribution in [0, 0.1) is 0 Å². The summed E-state index contributed by atoms with van der Waals surface area (Å²) in [6.07, 6.45) is 1.74. The highest BCUT2D eigenvalue weighted by Crippen LogP contribution is 2.21. The summed E-state index contributed by atoms with van der Waals surface area (Å²) in [5.74, 6) is 0.786. The van der Waals surface area contributed by atoms with Crippen LogP contribution < -0.4 is 10.6 Å². The highest BCUT2D eigenvalue weighted by Gasteiger charge is 2.20. The van der Waals surface area contributed by atoms with Crippen molar-refractivity contribution >= 4 is 29.9 Å². The lowest BCUT2D eigenvalue weighted by atomic mass is 9.85. The third-order valence-electron chi connectivity index (χ3n) is 3.48. The second kappa shape index (κ2) is 8.77. The van der Waals surface area contributed by atoms with Gasteiger partial charge in [0.2, 0.25) is 0 Å². The lowest BCUT2D eigenvalue weighted by Crippen LogP contribution is -2.43. The quantitative estimate of drug-likeness (QED) is 0.401. The lowest BCUT2D eigenvalue weighted by molar-refractivity contribution is 0.508. The maximum Gasteiger partial charge on any atom is 0.191 e. The van der Waals surface area contributed by atoms with E-state index in [9.17, 15) is 0 Å². The van der Waals surface area contributed by atoms with Crippen molar-refractivity contribution < 1.29 is 0 Å². The minimum atomic E-state index is 0. The molecule has 1 aromatic heterocycles. The number of aromatic amines is 1. The number of hydrogen-bond acceptors (Lipinski definition) is 2. The van der Waals surface area contributed by atoms with E-state index < -0.39 is 0 Å². The summed E-state index contributed by atoms with van der Waals surface area (Å²) in [4.78, 5) is 4.24. The number of halogens is 1. The van der Waals surface area contributed by atoms with Crippen molar-refractivity contribution in [2.45, 2.75) is 25.8 Å². The zero-order valence-electron chi connectivity index (χ0n) is 13.3. The molecule has 0 atom stereocenters.